The highest BCUT2D eigenvalue weighted by molar-refractivity contribution is 5.80. The SMILES string of the molecule is CCNC(=NCC(C)(C)c1ccc(C)cc1)N1CCC2(CCOC2)C1. The number of rotatable bonds is 4. The van der Waals surface area contributed by atoms with Gasteiger partial charge >= 0.3 is 0 Å². The molecule has 2 fully saturated rings. The van der Waals surface area contributed by atoms with E-state index in [-0.39, 0.29) is 5.41 Å². The Labute approximate surface area is 152 Å². The van der Waals surface area contributed by atoms with Gasteiger partial charge in [-0.25, -0.2) is 0 Å². The van der Waals surface area contributed by atoms with E-state index in [2.05, 4.69) is 62.2 Å². The fraction of sp³-hybridized carbons (Fsp3) is 0.667. The van der Waals surface area contributed by atoms with E-state index in [9.17, 15) is 0 Å². The van der Waals surface area contributed by atoms with Crippen molar-refractivity contribution in [2.45, 2.75) is 46.0 Å². The Hall–Kier alpha value is -1.55. The summed E-state index contributed by atoms with van der Waals surface area (Å²) in [5.74, 6) is 1.06. The van der Waals surface area contributed by atoms with Gasteiger partial charge in [0, 0.05) is 37.1 Å². The predicted molar refractivity (Wildman–Crippen MR) is 104 cm³/mol. The topological polar surface area (TPSA) is 36.9 Å². The van der Waals surface area contributed by atoms with Crippen LogP contribution < -0.4 is 5.32 Å². The number of hydrogen-bond acceptors (Lipinski definition) is 2. The third kappa shape index (κ3) is 4.17. The highest BCUT2D eigenvalue weighted by atomic mass is 16.5. The van der Waals surface area contributed by atoms with Crippen LogP contribution >= 0.6 is 0 Å². The van der Waals surface area contributed by atoms with Gasteiger partial charge in [0.1, 0.15) is 0 Å². The van der Waals surface area contributed by atoms with E-state index in [4.69, 9.17) is 9.73 Å². The second-order valence-electron chi connectivity index (χ2n) is 8.39. The van der Waals surface area contributed by atoms with Gasteiger partial charge in [0.25, 0.3) is 0 Å². The van der Waals surface area contributed by atoms with Crippen LogP contribution in [0.25, 0.3) is 0 Å². The molecule has 2 saturated heterocycles. The summed E-state index contributed by atoms with van der Waals surface area (Å²) in [5, 5.41) is 3.50. The molecule has 1 unspecified atom stereocenters. The van der Waals surface area contributed by atoms with Crippen LogP contribution in [0, 0.1) is 12.3 Å². The zero-order valence-electron chi connectivity index (χ0n) is 16.3. The van der Waals surface area contributed by atoms with Gasteiger partial charge in [0.05, 0.1) is 13.2 Å². The first-order valence-corrected chi connectivity index (χ1v) is 9.62. The minimum absolute atomic E-state index is 0.0300. The largest absolute Gasteiger partial charge is 0.381 e. The third-order valence-corrected chi connectivity index (χ3v) is 5.71. The number of aryl methyl sites for hydroxylation is 1. The highest BCUT2D eigenvalue weighted by Crippen LogP contribution is 2.38. The Balaban J connectivity index is 1.70. The first kappa shape index (κ1) is 18.2. The molecule has 0 aliphatic carbocycles. The van der Waals surface area contributed by atoms with E-state index >= 15 is 0 Å². The first-order valence-electron chi connectivity index (χ1n) is 9.62. The normalized spacial score (nSPS) is 24.3. The summed E-state index contributed by atoms with van der Waals surface area (Å²) in [5.41, 5.74) is 3.04. The van der Waals surface area contributed by atoms with E-state index in [0.717, 1.165) is 45.4 Å². The van der Waals surface area contributed by atoms with E-state index in [1.807, 2.05) is 0 Å². The van der Waals surface area contributed by atoms with Crippen LogP contribution in [0.3, 0.4) is 0 Å². The molecule has 3 rings (SSSR count). The highest BCUT2D eigenvalue weighted by Gasteiger charge is 2.42. The molecule has 2 heterocycles. The summed E-state index contributed by atoms with van der Waals surface area (Å²) in [4.78, 5) is 7.45. The summed E-state index contributed by atoms with van der Waals surface area (Å²) in [6.07, 6.45) is 2.41. The minimum Gasteiger partial charge on any atom is -0.381 e. The number of guanidine groups is 1. The second kappa shape index (κ2) is 7.36. The molecular formula is C21H33N3O. The van der Waals surface area contributed by atoms with Crippen molar-refractivity contribution >= 4 is 5.96 Å². The Bertz CT molecular complexity index is 600. The van der Waals surface area contributed by atoms with E-state index in [0.29, 0.717) is 5.41 Å². The lowest BCUT2D eigenvalue weighted by molar-refractivity contribution is 0.156. The van der Waals surface area contributed by atoms with Crippen LogP contribution in [-0.2, 0) is 10.2 Å². The quantitative estimate of drug-likeness (QED) is 0.673. The van der Waals surface area contributed by atoms with Crippen molar-refractivity contribution < 1.29 is 4.74 Å². The number of nitrogens with one attached hydrogen (secondary N) is 1. The summed E-state index contributed by atoms with van der Waals surface area (Å²) < 4.78 is 5.67. The maximum Gasteiger partial charge on any atom is 0.193 e. The molecule has 1 aromatic carbocycles. The summed E-state index contributed by atoms with van der Waals surface area (Å²) in [6, 6.07) is 8.85. The number of ether oxygens (including phenoxy) is 1. The average molecular weight is 344 g/mol. The lowest BCUT2D eigenvalue weighted by Crippen LogP contribution is -2.42. The van der Waals surface area contributed by atoms with Crippen molar-refractivity contribution in [2.24, 2.45) is 10.4 Å². The van der Waals surface area contributed by atoms with Crippen molar-refractivity contribution in [1.82, 2.24) is 10.2 Å². The molecule has 0 radical (unpaired) electrons. The molecule has 2 aliphatic heterocycles. The number of benzene rings is 1. The van der Waals surface area contributed by atoms with Crippen molar-refractivity contribution in [3.8, 4) is 0 Å². The molecule has 1 spiro atoms. The van der Waals surface area contributed by atoms with Crippen LogP contribution in [0.2, 0.25) is 0 Å². The third-order valence-electron chi connectivity index (χ3n) is 5.71. The summed E-state index contributed by atoms with van der Waals surface area (Å²) in [7, 11) is 0. The first-order chi connectivity index (χ1) is 11.9. The van der Waals surface area contributed by atoms with Crippen LogP contribution in [0.5, 0.6) is 0 Å². The van der Waals surface area contributed by atoms with Gasteiger partial charge < -0.3 is 15.0 Å². The second-order valence-corrected chi connectivity index (χ2v) is 8.39. The Morgan fingerprint density at radius 1 is 1.28 bits per heavy atom. The standard InChI is InChI=1S/C21H33N3O/c1-5-22-19(24-12-10-21(15-24)11-13-25-16-21)23-14-20(3,4)18-8-6-17(2)7-9-18/h6-9H,5,10-16H2,1-4H3,(H,22,23). The van der Waals surface area contributed by atoms with E-state index < -0.39 is 0 Å². The lowest BCUT2D eigenvalue weighted by Gasteiger charge is -2.27. The van der Waals surface area contributed by atoms with Gasteiger partial charge in [-0.3, -0.25) is 4.99 Å². The van der Waals surface area contributed by atoms with Gasteiger partial charge in [0.15, 0.2) is 5.96 Å². The summed E-state index contributed by atoms with van der Waals surface area (Å²) >= 11 is 0. The maximum absolute atomic E-state index is 5.67. The molecule has 138 valence electrons. The zero-order chi connectivity index (χ0) is 17.9. The number of hydrogen-bond donors (Lipinski definition) is 1. The summed E-state index contributed by atoms with van der Waals surface area (Å²) in [6.45, 7) is 14.5. The van der Waals surface area contributed by atoms with Gasteiger partial charge in [-0.1, -0.05) is 43.7 Å². The number of nitrogens with zero attached hydrogens (tertiary/aromatic N) is 2. The van der Waals surface area contributed by atoms with Gasteiger partial charge in [-0.05, 0) is 32.3 Å². The molecule has 0 aromatic heterocycles. The molecule has 1 N–H and O–H groups in total. The Morgan fingerprint density at radius 3 is 2.68 bits per heavy atom. The predicted octanol–water partition coefficient (Wildman–Crippen LogP) is 3.35. The van der Waals surface area contributed by atoms with Gasteiger partial charge in [0.2, 0.25) is 0 Å². The average Bonchev–Trinajstić information content (AvgIpc) is 3.22. The Kier molecular flexibility index (Phi) is 5.38. The molecule has 0 bridgehead atoms. The Morgan fingerprint density at radius 2 is 2.04 bits per heavy atom. The number of likely N-dealkylation sites (tertiary alicyclic amines) is 1. The van der Waals surface area contributed by atoms with Gasteiger partial charge in [-0.15, -0.1) is 0 Å². The fourth-order valence-corrected chi connectivity index (χ4v) is 3.88. The van der Waals surface area contributed by atoms with Crippen LogP contribution in [0.4, 0.5) is 0 Å². The van der Waals surface area contributed by atoms with Crippen LogP contribution in [-0.4, -0.2) is 50.3 Å². The van der Waals surface area contributed by atoms with Crippen LogP contribution in [0.1, 0.15) is 44.7 Å². The van der Waals surface area contributed by atoms with Crippen molar-refractivity contribution in [3.05, 3.63) is 35.4 Å². The maximum atomic E-state index is 5.67. The molecule has 4 nitrogen and oxygen atoms in total. The fourth-order valence-electron chi connectivity index (χ4n) is 3.88. The van der Waals surface area contributed by atoms with Crippen LogP contribution in [0.15, 0.2) is 29.3 Å². The molecule has 1 aromatic rings. The molecule has 4 heteroatoms. The van der Waals surface area contributed by atoms with Gasteiger partial charge in [-0.2, -0.15) is 0 Å². The zero-order valence-corrected chi connectivity index (χ0v) is 16.3. The molecule has 25 heavy (non-hydrogen) atoms. The smallest absolute Gasteiger partial charge is 0.193 e. The molecule has 0 amide bonds. The van der Waals surface area contributed by atoms with E-state index in [1.54, 1.807) is 0 Å². The molecule has 2 aliphatic rings. The van der Waals surface area contributed by atoms with Crippen molar-refractivity contribution in [3.63, 3.8) is 0 Å². The molecular weight excluding hydrogens is 310 g/mol. The number of aliphatic imine (C=N–C) groups is 1. The van der Waals surface area contributed by atoms with E-state index in [1.165, 1.54) is 24.0 Å². The molecule has 1 atom stereocenters. The van der Waals surface area contributed by atoms with Crippen molar-refractivity contribution in [1.29, 1.82) is 0 Å². The van der Waals surface area contributed by atoms with Crippen molar-refractivity contribution in [2.75, 3.05) is 39.4 Å². The minimum atomic E-state index is 0.0300. The monoisotopic (exact) mass is 343 g/mol. The molecule has 0 saturated carbocycles. The lowest BCUT2D eigenvalue weighted by atomic mass is 9.84.